The summed E-state index contributed by atoms with van der Waals surface area (Å²) in [4.78, 5) is 11.4. The Morgan fingerprint density at radius 2 is 1.56 bits per heavy atom. The molecule has 104 valence electrons. The van der Waals surface area contributed by atoms with Crippen molar-refractivity contribution in [1.29, 1.82) is 0 Å². The van der Waals surface area contributed by atoms with Gasteiger partial charge < -0.3 is 0 Å². The Morgan fingerprint density at radius 3 is 2.28 bits per heavy atom. The molecule has 0 radical (unpaired) electrons. The van der Waals surface area contributed by atoms with Crippen LogP contribution < -0.4 is 0 Å². The van der Waals surface area contributed by atoms with Gasteiger partial charge in [-0.1, -0.05) is 44.4 Å². The van der Waals surface area contributed by atoms with E-state index in [1.165, 1.54) is 25.7 Å². The van der Waals surface area contributed by atoms with Gasteiger partial charge in [0.15, 0.2) is 0 Å². The predicted octanol–water partition coefficient (Wildman–Crippen LogP) is 5.61. The molecule has 0 atom stereocenters. The Kier molecular flexibility index (Phi) is 13.5. The minimum absolute atomic E-state index is 0.459. The van der Waals surface area contributed by atoms with Gasteiger partial charge in [-0.25, -0.2) is 0 Å². The third-order valence-electron chi connectivity index (χ3n) is 3.09. The minimum Gasteiger partial charge on any atom is -0.300 e. The van der Waals surface area contributed by atoms with Gasteiger partial charge in [0.1, 0.15) is 5.78 Å². The third kappa shape index (κ3) is 13.2. The highest BCUT2D eigenvalue weighted by Gasteiger charge is 2.00. The molecule has 0 rings (SSSR count). The molecular weight excluding hydrogens is 220 g/mol. The molecule has 0 aromatic rings. The van der Waals surface area contributed by atoms with Crippen molar-refractivity contribution in [3.63, 3.8) is 0 Å². The zero-order chi connectivity index (χ0) is 13.5. The van der Waals surface area contributed by atoms with E-state index >= 15 is 0 Å². The summed E-state index contributed by atoms with van der Waals surface area (Å²) in [5.74, 6) is 0.459. The summed E-state index contributed by atoms with van der Waals surface area (Å²) in [6.07, 6.45) is 18.5. The lowest BCUT2D eigenvalue weighted by atomic mass is 10.1. The van der Waals surface area contributed by atoms with Crippen molar-refractivity contribution >= 4 is 5.78 Å². The maximum atomic E-state index is 11.4. The number of hydrogen-bond acceptors (Lipinski definition) is 1. The average Bonchev–Trinajstić information content (AvgIpc) is 2.38. The molecule has 1 heteroatoms. The van der Waals surface area contributed by atoms with Gasteiger partial charge in [-0.3, -0.25) is 4.79 Å². The standard InChI is InChI=1S/C17H30O/c1-3-5-7-8-9-10-11-12-13-14-16-17(18)15-6-4-2/h3,8-9H,1,4-7,10-16H2,2H3/b9-8+. The number of unbranched alkanes of at least 4 members (excludes halogenated alkanes) is 6. The van der Waals surface area contributed by atoms with Crippen LogP contribution in [0.2, 0.25) is 0 Å². The second kappa shape index (κ2) is 14.2. The van der Waals surface area contributed by atoms with Gasteiger partial charge in [0, 0.05) is 12.8 Å². The third-order valence-corrected chi connectivity index (χ3v) is 3.09. The van der Waals surface area contributed by atoms with Crippen molar-refractivity contribution in [3.8, 4) is 0 Å². The zero-order valence-corrected chi connectivity index (χ0v) is 12.1. The summed E-state index contributed by atoms with van der Waals surface area (Å²) >= 11 is 0. The van der Waals surface area contributed by atoms with E-state index in [1.54, 1.807) is 0 Å². The Balaban J connectivity index is 3.18. The molecule has 0 aromatic heterocycles. The second-order valence-electron chi connectivity index (χ2n) is 4.93. The SMILES string of the molecule is C=CCC/C=C/CCCCCCC(=O)CCCC. The lowest BCUT2D eigenvalue weighted by molar-refractivity contribution is -0.119. The van der Waals surface area contributed by atoms with Gasteiger partial charge in [-0.05, 0) is 38.5 Å². The van der Waals surface area contributed by atoms with E-state index in [2.05, 4.69) is 25.7 Å². The van der Waals surface area contributed by atoms with E-state index in [-0.39, 0.29) is 0 Å². The zero-order valence-electron chi connectivity index (χ0n) is 12.1. The normalized spacial score (nSPS) is 10.9. The largest absolute Gasteiger partial charge is 0.300 e. The van der Waals surface area contributed by atoms with Gasteiger partial charge in [-0.15, -0.1) is 6.58 Å². The number of carbonyl (C=O) groups is 1. The monoisotopic (exact) mass is 250 g/mol. The lowest BCUT2D eigenvalue weighted by Crippen LogP contribution is -1.96. The van der Waals surface area contributed by atoms with Gasteiger partial charge in [0.05, 0.1) is 0 Å². The summed E-state index contributed by atoms with van der Waals surface area (Å²) in [5, 5.41) is 0. The first-order chi connectivity index (χ1) is 8.81. The van der Waals surface area contributed by atoms with Crippen LogP contribution in [0.25, 0.3) is 0 Å². The summed E-state index contributed by atoms with van der Waals surface area (Å²) in [6, 6.07) is 0. The van der Waals surface area contributed by atoms with E-state index in [9.17, 15) is 4.79 Å². The second-order valence-corrected chi connectivity index (χ2v) is 4.93. The first kappa shape index (κ1) is 17.2. The molecule has 0 bridgehead atoms. The summed E-state index contributed by atoms with van der Waals surface area (Å²) in [5.41, 5.74) is 0. The molecule has 0 aliphatic carbocycles. The van der Waals surface area contributed by atoms with E-state index in [4.69, 9.17) is 0 Å². The minimum atomic E-state index is 0.459. The molecule has 0 aliphatic heterocycles. The molecular formula is C17H30O. The Labute approximate surface area is 113 Å². The quantitative estimate of drug-likeness (QED) is 0.307. The molecule has 0 heterocycles. The maximum Gasteiger partial charge on any atom is 0.132 e. The molecule has 0 saturated heterocycles. The smallest absolute Gasteiger partial charge is 0.132 e. The van der Waals surface area contributed by atoms with Crippen molar-refractivity contribution < 1.29 is 4.79 Å². The summed E-state index contributed by atoms with van der Waals surface area (Å²) in [6.45, 7) is 5.83. The number of Topliss-reactive ketones (excluding diaryl/α,β-unsaturated/α-hetero) is 1. The number of rotatable bonds is 13. The topological polar surface area (TPSA) is 17.1 Å². The van der Waals surface area contributed by atoms with Crippen LogP contribution >= 0.6 is 0 Å². The fourth-order valence-corrected chi connectivity index (χ4v) is 1.89. The highest BCUT2D eigenvalue weighted by molar-refractivity contribution is 5.78. The molecule has 18 heavy (non-hydrogen) atoms. The average molecular weight is 250 g/mol. The van der Waals surface area contributed by atoms with E-state index < -0.39 is 0 Å². The highest BCUT2D eigenvalue weighted by Crippen LogP contribution is 2.08. The van der Waals surface area contributed by atoms with Crippen LogP contribution in [0.3, 0.4) is 0 Å². The molecule has 0 saturated carbocycles. The van der Waals surface area contributed by atoms with Gasteiger partial charge >= 0.3 is 0 Å². The highest BCUT2D eigenvalue weighted by atomic mass is 16.1. The predicted molar refractivity (Wildman–Crippen MR) is 80.8 cm³/mol. The molecule has 0 aliphatic rings. The van der Waals surface area contributed by atoms with Crippen molar-refractivity contribution in [2.75, 3.05) is 0 Å². The molecule has 0 aromatic carbocycles. The Morgan fingerprint density at radius 1 is 0.889 bits per heavy atom. The van der Waals surface area contributed by atoms with Crippen LogP contribution in [0.1, 0.15) is 77.6 Å². The fourth-order valence-electron chi connectivity index (χ4n) is 1.89. The van der Waals surface area contributed by atoms with Crippen molar-refractivity contribution in [2.24, 2.45) is 0 Å². The molecule has 0 unspecified atom stereocenters. The van der Waals surface area contributed by atoms with Crippen molar-refractivity contribution in [1.82, 2.24) is 0 Å². The summed E-state index contributed by atoms with van der Waals surface area (Å²) in [7, 11) is 0. The number of ketones is 1. The number of carbonyl (C=O) groups excluding carboxylic acids is 1. The Hall–Kier alpha value is -0.850. The number of allylic oxidation sites excluding steroid dienone is 3. The van der Waals surface area contributed by atoms with Crippen LogP contribution in [0.4, 0.5) is 0 Å². The van der Waals surface area contributed by atoms with Crippen molar-refractivity contribution in [2.45, 2.75) is 77.6 Å². The van der Waals surface area contributed by atoms with E-state index in [0.29, 0.717) is 5.78 Å². The fraction of sp³-hybridized carbons (Fsp3) is 0.706. The van der Waals surface area contributed by atoms with Crippen LogP contribution in [0.5, 0.6) is 0 Å². The molecule has 0 N–H and O–H groups in total. The Bertz CT molecular complexity index is 228. The van der Waals surface area contributed by atoms with Crippen LogP contribution in [0.15, 0.2) is 24.8 Å². The van der Waals surface area contributed by atoms with Crippen LogP contribution in [0, 0.1) is 0 Å². The van der Waals surface area contributed by atoms with Crippen LogP contribution in [-0.2, 0) is 4.79 Å². The number of hydrogen-bond donors (Lipinski definition) is 0. The van der Waals surface area contributed by atoms with Crippen LogP contribution in [-0.4, -0.2) is 5.78 Å². The molecule has 0 spiro atoms. The maximum absolute atomic E-state index is 11.4. The molecule has 0 fully saturated rings. The van der Waals surface area contributed by atoms with E-state index in [0.717, 1.165) is 44.9 Å². The van der Waals surface area contributed by atoms with Gasteiger partial charge in [-0.2, -0.15) is 0 Å². The summed E-state index contributed by atoms with van der Waals surface area (Å²) < 4.78 is 0. The molecule has 1 nitrogen and oxygen atoms in total. The van der Waals surface area contributed by atoms with Gasteiger partial charge in [0.25, 0.3) is 0 Å². The van der Waals surface area contributed by atoms with Gasteiger partial charge in [0.2, 0.25) is 0 Å². The van der Waals surface area contributed by atoms with E-state index in [1.807, 2.05) is 6.08 Å². The molecule has 0 amide bonds. The van der Waals surface area contributed by atoms with Crippen molar-refractivity contribution in [3.05, 3.63) is 24.8 Å². The first-order valence-corrected chi connectivity index (χ1v) is 7.58. The first-order valence-electron chi connectivity index (χ1n) is 7.58. The lowest BCUT2D eigenvalue weighted by Gasteiger charge is -2.00.